The average Bonchev–Trinajstić information content (AvgIpc) is 2.65. The fourth-order valence-corrected chi connectivity index (χ4v) is 1.49. The van der Waals surface area contributed by atoms with Gasteiger partial charge in [0.15, 0.2) is 0 Å². The minimum absolute atomic E-state index is 0.180. The molecule has 0 spiro atoms. The molecule has 0 radical (unpaired) electrons. The molecule has 0 aliphatic carbocycles. The lowest BCUT2D eigenvalue weighted by Crippen LogP contribution is -2.24. The second-order valence-corrected chi connectivity index (χ2v) is 3.71. The first-order valence-corrected chi connectivity index (χ1v) is 5.26. The number of rotatable bonds is 6. The molecule has 1 aromatic rings. The van der Waals surface area contributed by atoms with Crippen LogP contribution < -0.4 is 0 Å². The molecule has 0 amide bonds. The van der Waals surface area contributed by atoms with Crippen molar-refractivity contribution in [1.82, 2.24) is 9.78 Å². The lowest BCUT2D eigenvalue weighted by molar-refractivity contribution is 0.0642. The van der Waals surface area contributed by atoms with Gasteiger partial charge in [-0.1, -0.05) is 11.6 Å². The SMILES string of the molecule is COCCn1ncc(Cl)c1C(=O)C(C)OC. The van der Waals surface area contributed by atoms with Crippen molar-refractivity contribution in [3.05, 3.63) is 16.9 Å². The first-order chi connectivity index (χ1) is 7.61. The lowest BCUT2D eigenvalue weighted by Gasteiger charge is -2.10. The maximum atomic E-state index is 11.9. The fourth-order valence-electron chi connectivity index (χ4n) is 1.25. The van der Waals surface area contributed by atoms with Gasteiger partial charge in [0.05, 0.1) is 24.4 Å². The summed E-state index contributed by atoms with van der Waals surface area (Å²) in [5.41, 5.74) is 0.369. The van der Waals surface area contributed by atoms with E-state index in [1.807, 2.05) is 0 Å². The van der Waals surface area contributed by atoms with Crippen molar-refractivity contribution in [2.45, 2.75) is 19.6 Å². The number of Topliss-reactive ketones (excluding diaryl/α,β-unsaturated/α-hetero) is 1. The van der Waals surface area contributed by atoms with Crippen LogP contribution in [0.15, 0.2) is 6.20 Å². The third-order valence-corrected chi connectivity index (χ3v) is 2.53. The number of hydrogen-bond acceptors (Lipinski definition) is 4. The van der Waals surface area contributed by atoms with E-state index in [0.29, 0.717) is 23.9 Å². The van der Waals surface area contributed by atoms with Crippen LogP contribution in [0.5, 0.6) is 0 Å². The lowest BCUT2D eigenvalue weighted by atomic mass is 10.2. The van der Waals surface area contributed by atoms with Crippen molar-refractivity contribution in [3.63, 3.8) is 0 Å². The number of methoxy groups -OCH3 is 2. The molecule has 0 bridgehead atoms. The third kappa shape index (κ3) is 2.81. The van der Waals surface area contributed by atoms with Crippen LogP contribution in [-0.4, -0.2) is 42.5 Å². The Balaban J connectivity index is 2.92. The van der Waals surface area contributed by atoms with Crippen molar-refractivity contribution < 1.29 is 14.3 Å². The van der Waals surface area contributed by atoms with Gasteiger partial charge in [-0.25, -0.2) is 0 Å². The number of hydrogen-bond donors (Lipinski definition) is 0. The molecule has 0 N–H and O–H groups in total. The van der Waals surface area contributed by atoms with E-state index in [2.05, 4.69) is 5.10 Å². The summed E-state index contributed by atoms with van der Waals surface area (Å²) in [6.07, 6.45) is 0.919. The van der Waals surface area contributed by atoms with Gasteiger partial charge in [0.2, 0.25) is 5.78 Å². The zero-order valence-corrected chi connectivity index (χ0v) is 10.3. The van der Waals surface area contributed by atoms with Gasteiger partial charge in [0.25, 0.3) is 0 Å². The van der Waals surface area contributed by atoms with Crippen LogP contribution in [0.1, 0.15) is 17.4 Å². The highest BCUT2D eigenvalue weighted by Crippen LogP contribution is 2.17. The molecule has 0 aliphatic rings. The molecule has 0 saturated carbocycles. The number of carbonyl (C=O) groups is 1. The highest BCUT2D eigenvalue weighted by Gasteiger charge is 2.22. The summed E-state index contributed by atoms with van der Waals surface area (Å²) < 4.78 is 11.4. The van der Waals surface area contributed by atoms with Crippen molar-refractivity contribution in [3.8, 4) is 0 Å². The molecule has 0 fully saturated rings. The Hall–Kier alpha value is -0.910. The topological polar surface area (TPSA) is 53.4 Å². The van der Waals surface area contributed by atoms with Crippen molar-refractivity contribution in [2.24, 2.45) is 0 Å². The number of ketones is 1. The average molecular weight is 247 g/mol. The minimum Gasteiger partial charge on any atom is -0.383 e. The maximum Gasteiger partial charge on any atom is 0.210 e. The van der Waals surface area contributed by atoms with Gasteiger partial charge in [-0.15, -0.1) is 0 Å². The summed E-state index contributed by atoms with van der Waals surface area (Å²) in [7, 11) is 3.07. The van der Waals surface area contributed by atoms with Gasteiger partial charge in [-0.3, -0.25) is 9.48 Å². The first kappa shape index (κ1) is 13.2. The van der Waals surface area contributed by atoms with Crippen LogP contribution in [0.2, 0.25) is 5.02 Å². The van der Waals surface area contributed by atoms with Crippen molar-refractivity contribution >= 4 is 17.4 Å². The van der Waals surface area contributed by atoms with Gasteiger partial charge in [-0.05, 0) is 6.92 Å². The number of ether oxygens (including phenoxy) is 2. The molecule has 0 aliphatic heterocycles. The van der Waals surface area contributed by atoms with Crippen LogP contribution in [-0.2, 0) is 16.0 Å². The predicted molar refractivity (Wildman–Crippen MR) is 59.9 cm³/mol. The van der Waals surface area contributed by atoms with Crippen molar-refractivity contribution in [2.75, 3.05) is 20.8 Å². The summed E-state index contributed by atoms with van der Waals surface area (Å²) in [5.74, 6) is -0.180. The summed E-state index contributed by atoms with van der Waals surface area (Å²) in [5, 5.41) is 4.36. The van der Waals surface area contributed by atoms with Gasteiger partial charge in [0.1, 0.15) is 11.8 Å². The number of nitrogens with zero attached hydrogens (tertiary/aromatic N) is 2. The second kappa shape index (κ2) is 5.98. The van der Waals surface area contributed by atoms with E-state index >= 15 is 0 Å². The molecule has 6 heteroatoms. The third-order valence-electron chi connectivity index (χ3n) is 2.26. The zero-order chi connectivity index (χ0) is 12.1. The summed E-state index contributed by atoms with van der Waals surface area (Å²) >= 11 is 5.92. The molecular formula is C10H15ClN2O3. The Morgan fingerprint density at radius 3 is 2.88 bits per heavy atom. The van der Waals surface area contributed by atoms with Crippen LogP contribution in [0.4, 0.5) is 0 Å². The van der Waals surface area contributed by atoms with Crippen LogP contribution in [0.3, 0.4) is 0 Å². The Morgan fingerprint density at radius 1 is 1.62 bits per heavy atom. The molecule has 5 nitrogen and oxygen atoms in total. The Bertz CT molecular complexity index is 365. The molecule has 0 saturated heterocycles. The maximum absolute atomic E-state index is 11.9. The molecule has 0 aromatic carbocycles. The predicted octanol–water partition coefficient (Wildman–Crippen LogP) is 1.40. The zero-order valence-electron chi connectivity index (χ0n) is 9.57. The minimum atomic E-state index is -0.532. The van der Waals surface area contributed by atoms with E-state index in [1.165, 1.54) is 18.0 Å². The molecular weight excluding hydrogens is 232 g/mol. The van der Waals surface area contributed by atoms with Crippen LogP contribution >= 0.6 is 11.6 Å². The second-order valence-electron chi connectivity index (χ2n) is 3.30. The summed E-state index contributed by atoms with van der Waals surface area (Å²) in [6.45, 7) is 2.63. The van der Waals surface area contributed by atoms with E-state index in [1.54, 1.807) is 14.0 Å². The number of aromatic nitrogens is 2. The van der Waals surface area contributed by atoms with E-state index in [4.69, 9.17) is 21.1 Å². The largest absolute Gasteiger partial charge is 0.383 e. The number of halogens is 1. The van der Waals surface area contributed by atoms with E-state index in [9.17, 15) is 4.79 Å². The van der Waals surface area contributed by atoms with Gasteiger partial charge in [0, 0.05) is 14.2 Å². The molecule has 1 heterocycles. The summed E-state index contributed by atoms with van der Waals surface area (Å²) in [6, 6.07) is 0. The highest BCUT2D eigenvalue weighted by atomic mass is 35.5. The van der Waals surface area contributed by atoms with Gasteiger partial charge in [-0.2, -0.15) is 5.10 Å². The van der Waals surface area contributed by atoms with Crippen LogP contribution in [0.25, 0.3) is 0 Å². The van der Waals surface area contributed by atoms with Gasteiger partial charge >= 0.3 is 0 Å². The molecule has 1 aromatic heterocycles. The first-order valence-electron chi connectivity index (χ1n) is 4.89. The number of carbonyl (C=O) groups excluding carboxylic acids is 1. The molecule has 1 rings (SSSR count). The Kier molecular flexibility index (Phi) is 4.92. The van der Waals surface area contributed by atoms with Crippen molar-refractivity contribution in [1.29, 1.82) is 0 Å². The normalized spacial score (nSPS) is 12.8. The highest BCUT2D eigenvalue weighted by molar-refractivity contribution is 6.33. The molecule has 16 heavy (non-hydrogen) atoms. The van der Waals surface area contributed by atoms with E-state index in [0.717, 1.165) is 0 Å². The summed E-state index contributed by atoms with van der Waals surface area (Å²) in [4.78, 5) is 11.9. The van der Waals surface area contributed by atoms with E-state index < -0.39 is 6.10 Å². The smallest absolute Gasteiger partial charge is 0.210 e. The molecule has 1 unspecified atom stereocenters. The Labute approximate surface area is 99.3 Å². The van der Waals surface area contributed by atoms with Gasteiger partial charge < -0.3 is 9.47 Å². The monoisotopic (exact) mass is 246 g/mol. The van der Waals surface area contributed by atoms with E-state index in [-0.39, 0.29) is 5.78 Å². The molecule has 1 atom stereocenters. The molecule has 90 valence electrons. The Morgan fingerprint density at radius 2 is 2.31 bits per heavy atom. The quantitative estimate of drug-likeness (QED) is 0.712. The fraction of sp³-hybridized carbons (Fsp3) is 0.600. The standard InChI is InChI=1S/C10H15ClN2O3/c1-7(16-3)10(14)9-8(11)6-12-13(9)4-5-15-2/h6-7H,4-5H2,1-3H3. The van der Waals surface area contributed by atoms with Crippen LogP contribution in [0, 0.1) is 0 Å².